The third kappa shape index (κ3) is 2.48. The van der Waals surface area contributed by atoms with Crippen LogP contribution in [0.3, 0.4) is 0 Å². The van der Waals surface area contributed by atoms with Crippen LogP contribution in [0.4, 0.5) is 5.00 Å². The van der Waals surface area contributed by atoms with Gasteiger partial charge in [0.15, 0.2) is 0 Å². The summed E-state index contributed by atoms with van der Waals surface area (Å²) in [6.07, 6.45) is 2.32. The third-order valence-electron chi connectivity index (χ3n) is 1.37. The molecule has 0 saturated heterocycles. The molecule has 0 spiro atoms. The summed E-state index contributed by atoms with van der Waals surface area (Å²) in [7, 11) is 0. The van der Waals surface area contributed by atoms with Gasteiger partial charge in [-0.05, 0) is 24.1 Å². The van der Waals surface area contributed by atoms with Crippen molar-refractivity contribution < 1.29 is 9.72 Å². The molecule has 0 saturated carbocycles. The molecule has 0 N–H and O–H groups in total. The van der Waals surface area contributed by atoms with E-state index >= 15 is 0 Å². The molecule has 0 unspecified atom stereocenters. The van der Waals surface area contributed by atoms with Crippen molar-refractivity contribution in [1.82, 2.24) is 0 Å². The van der Waals surface area contributed by atoms with Crippen molar-refractivity contribution in [3.8, 4) is 0 Å². The number of carbonyl (C=O) groups is 1. The minimum Gasteiger partial charge on any atom is -0.298 e. The molecule has 1 rings (SSSR count). The minimum atomic E-state index is -0.446. The Morgan fingerprint density at radius 2 is 2.38 bits per heavy atom. The first kappa shape index (κ1) is 9.60. The molecule has 0 aromatic carbocycles. The standard InChI is InChI=1S/C8H7NO3S/c1-6(4-10)2-7-3-8(9(11)12)13-5-7/h2-5H,1H3. The van der Waals surface area contributed by atoms with E-state index in [0.29, 0.717) is 17.4 Å². The molecule has 68 valence electrons. The van der Waals surface area contributed by atoms with Crippen molar-refractivity contribution in [2.24, 2.45) is 0 Å². The van der Waals surface area contributed by atoms with Gasteiger partial charge in [0.05, 0.1) is 4.92 Å². The van der Waals surface area contributed by atoms with Gasteiger partial charge in [0.25, 0.3) is 0 Å². The highest BCUT2D eigenvalue weighted by molar-refractivity contribution is 7.13. The van der Waals surface area contributed by atoms with Crippen molar-refractivity contribution in [1.29, 1.82) is 0 Å². The van der Waals surface area contributed by atoms with Crippen molar-refractivity contribution >= 4 is 28.7 Å². The topological polar surface area (TPSA) is 60.2 Å². The minimum absolute atomic E-state index is 0.0879. The largest absolute Gasteiger partial charge is 0.324 e. The summed E-state index contributed by atoms with van der Waals surface area (Å²) in [6, 6.07) is 1.44. The van der Waals surface area contributed by atoms with E-state index in [9.17, 15) is 14.9 Å². The molecule has 0 aliphatic carbocycles. The zero-order valence-corrected chi connectivity index (χ0v) is 7.71. The van der Waals surface area contributed by atoms with Gasteiger partial charge >= 0.3 is 5.00 Å². The number of hydrogen-bond acceptors (Lipinski definition) is 4. The monoisotopic (exact) mass is 197 g/mol. The van der Waals surface area contributed by atoms with Crippen LogP contribution in [0.5, 0.6) is 0 Å². The first-order valence-corrected chi connectivity index (χ1v) is 4.38. The molecule has 0 amide bonds. The fourth-order valence-corrected chi connectivity index (χ4v) is 1.49. The molecule has 0 bridgehead atoms. The molecule has 0 fully saturated rings. The van der Waals surface area contributed by atoms with Crippen LogP contribution in [0.25, 0.3) is 6.08 Å². The van der Waals surface area contributed by atoms with E-state index in [4.69, 9.17) is 0 Å². The Kier molecular flexibility index (Phi) is 2.92. The first-order valence-electron chi connectivity index (χ1n) is 3.50. The predicted molar refractivity (Wildman–Crippen MR) is 50.7 cm³/mol. The number of carbonyl (C=O) groups excluding carboxylic acids is 1. The number of rotatable bonds is 3. The van der Waals surface area contributed by atoms with Gasteiger partial charge in [-0.1, -0.05) is 11.3 Å². The lowest BCUT2D eigenvalue weighted by Gasteiger charge is -1.84. The van der Waals surface area contributed by atoms with Crippen molar-refractivity contribution in [3.63, 3.8) is 0 Å². The van der Waals surface area contributed by atoms with Gasteiger partial charge in [0, 0.05) is 11.4 Å². The molecule has 1 aromatic rings. The number of nitrogens with zero attached hydrogens (tertiary/aromatic N) is 1. The van der Waals surface area contributed by atoms with Crippen LogP contribution in [0.15, 0.2) is 17.0 Å². The molecular weight excluding hydrogens is 190 g/mol. The SMILES string of the molecule is CC(C=O)=Cc1csc([N+](=O)[O-])c1. The zero-order chi connectivity index (χ0) is 9.84. The summed E-state index contributed by atoms with van der Waals surface area (Å²) in [5.41, 5.74) is 1.24. The smallest absolute Gasteiger partial charge is 0.298 e. The zero-order valence-electron chi connectivity index (χ0n) is 6.89. The van der Waals surface area contributed by atoms with Crippen LogP contribution in [0, 0.1) is 10.1 Å². The molecule has 1 heterocycles. The van der Waals surface area contributed by atoms with E-state index in [1.165, 1.54) is 6.07 Å². The highest BCUT2D eigenvalue weighted by Crippen LogP contribution is 2.23. The lowest BCUT2D eigenvalue weighted by molar-refractivity contribution is -0.380. The summed E-state index contributed by atoms with van der Waals surface area (Å²) in [5.74, 6) is 0. The van der Waals surface area contributed by atoms with Crippen LogP contribution < -0.4 is 0 Å². The molecule has 13 heavy (non-hydrogen) atoms. The number of aldehydes is 1. The second-order valence-electron chi connectivity index (χ2n) is 2.48. The van der Waals surface area contributed by atoms with Crippen LogP contribution in [0.1, 0.15) is 12.5 Å². The molecule has 0 radical (unpaired) electrons. The summed E-state index contributed by atoms with van der Waals surface area (Å²) in [6.45, 7) is 1.65. The van der Waals surface area contributed by atoms with Crippen LogP contribution in [-0.4, -0.2) is 11.2 Å². The fraction of sp³-hybridized carbons (Fsp3) is 0.125. The maximum absolute atomic E-state index is 10.3. The van der Waals surface area contributed by atoms with Crippen molar-refractivity contribution in [2.75, 3.05) is 0 Å². The van der Waals surface area contributed by atoms with E-state index in [-0.39, 0.29) is 5.00 Å². The third-order valence-corrected chi connectivity index (χ3v) is 2.26. The van der Waals surface area contributed by atoms with E-state index in [1.54, 1.807) is 18.4 Å². The second-order valence-corrected chi connectivity index (χ2v) is 3.37. The Labute approximate surface area is 78.7 Å². The molecule has 4 nitrogen and oxygen atoms in total. The quantitative estimate of drug-likeness (QED) is 0.323. The van der Waals surface area contributed by atoms with E-state index in [0.717, 1.165) is 11.3 Å². The molecule has 1 aromatic heterocycles. The molecule has 0 aliphatic rings. The Morgan fingerprint density at radius 1 is 1.69 bits per heavy atom. The Balaban J connectivity index is 2.92. The number of nitro groups is 1. The molecule has 0 aliphatic heterocycles. The fourth-order valence-electron chi connectivity index (χ4n) is 0.807. The van der Waals surface area contributed by atoms with Crippen LogP contribution in [0.2, 0.25) is 0 Å². The van der Waals surface area contributed by atoms with Crippen LogP contribution in [-0.2, 0) is 4.79 Å². The maximum Gasteiger partial charge on any atom is 0.324 e. The number of hydrogen-bond donors (Lipinski definition) is 0. The van der Waals surface area contributed by atoms with Gasteiger partial charge in [-0.15, -0.1) is 0 Å². The average molecular weight is 197 g/mol. The summed E-state index contributed by atoms with van der Waals surface area (Å²) in [5, 5.41) is 12.0. The highest BCUT2D eigenvalue weighted by atomic mass is 32.1. The van der Waals surface area contributed by atoms with Gasteiger partial charge < -0.3 is 0 Å². The highest BCUT2D eigenvalue weighted by Gasteiger charge is 2.07. The maximum atomic E-state index is 10.3. The lowest BCUT2D eigenvalue weighted by Crippen LogP contribution is -1.81. The summed E-state index contributed by atoms with van der Waals surface area (Å²) in [4.78, 5) is 20.1. The second kappa shape index (κ2) is 3.95. The Hall–Kier alpha value is -1.49. The summed E-state index contributed by atoms with van der Waals surface area (Å²) >= 11 is 1.05. The Morgan fingerprint density at radius 3 is 2.85 bits per heavy atom. The van der Waals surface area contributed by atoms with Crippen molar-refractivity contribution in [3.05, 3.63) is 32.7 Å². The van der Waals surface area contributed by atoms with Gasteiger partial charge in [0.1, 0.15) is 6.29 Å². The Bertz CT molecular complexity index is 367. The van der Waals surface area contributed by atoms with E-state index < -0.39 is 4.92 Å². The average Bonchev–Trinajstić information content (AvgIpc) is 2.52. The van der Waals surface area contributed by atoms with Gasteiger partial charge in [-0.3, -0.25) is 14.9 Å². The van der Waals surface area contributed by atoms with E-state index in [2.05, 4.69) is 0 Å². The lowest BCUT2D eigenvalue weighted by atomic mass is 10.2. The predicted octanol–water partition coefficient (Wildman–Crippen LogP) is 2.26. The van der Waals surface area contributed by atoms with E-state index in [1.807, 2.05) is 0 Å². The van der Waals surface area contributed by atoms with Gasteiger partial charge in [0.2, 0.25) is 0 Å². The number of allylic oxidation sites excluding steroid dienone is 1. The molecule has 5 heteroatoms. The van der Waals surface area contributed by atoms with Gasteiger partial charge in [-0.25, -0.2) is 0 Å². The summed E-state index contributed by atoms with van der Waals surface area (Å²) < 4.78 is 0. The van der Waals surface area contributed by atoms with Crippen molar-refractivity contribution in [2.45, 2.75) is 6.92 Å². The normalized spacial score (nSPS) is 11.3. The number of thiophene rings is 1. The van der Waals surface area contributed by atoms with Gasteiger partial charge in [-0.2, -0.15) is 0 Å². The molecular formula is C8H7NO3S. The first-order chi connectivity index (χ1) is 6.13. The van der Waals surface area contributed by atoms with Crippen LogP contribution >= 0.6 is 11.3 Å². The molecule has 0 atom stereocenters.